The van der Waals surface area contributed by atoms with Crippen molar-refractivity contribution in [2.45, 2.75) is 36.1 Å². The number of halogens is 1. The zero-order chi connectivity index (χ0) is 14.7. The molecule has 1 fully saturated rings. The molecular formula is C15H20ClN3O2S. The molecule has 0 amide bonds. The number of aromatic nitrogens is 2. The third-order valence-electron chi connectivity index (χ3n) is 3.80. The van der Waals surface area contributed by atoms with Gasteiger partial charge in [-0.25, -0.2) is 0 Å². The minimum Gasteiger partial charge on any atom is -0.497 e. The fourth-order valence-corrected chi connectivity index (χ4v) is 3.11. The van der Waals surface area contributed by atoms with Crippen molar-refractivity contribution < 1.29 is 9.26 Å². The predicted molar refractivity (Wildman–Crippen MR) is 88.7 cm³/mol. The molecule has 1 saturated carbocycles. The molecule has 1 aliphatic rings. The summed E-state index contributed by atoms with van der Waals surface area (Å²) >= 11 is 1.76. The van der Waals surface area contributed by atoms with Gasteiger partial charge in [-0.1, -0.05) is 5.16 Å². The lowest BCUT2D eigenvalue weighted by atomic mass is 9.77. The van der Waals surface area contributed by atoms with Crippen LogP contribution in [0, 0.1) is 0 Å². The number of nitrogens with two attached hydrogens (primary N) is 1. The standard InChI is InChI=1S/C15H19N3O2S.ClH/c1-19-11-3-5-12(6-4-11)21-10-7-13-17-14(18-20-13)15(16)8-2-9-15;/h3-6H,2,7-10,16H2,1H3;1H. The van der Waals surface area contributed by atoms with Crippen LogP contribution >= 0.6 is 24.2 Å². The van der Waals surface area contributed by atoms with Crippen molar-refractivity contribution in [3.63, 3.8) is 0 Å². The lowest BCUT2D eigenvalue weighted by Gasteiger charge is -2.34. The molecule has 1 aliphatic carbocycles. The highest BCUT2D eigenvalue weighted by Gasteiger charge is 2.38. The molecule has 1 aromatic carbocycles. The maximum atomic E-state index is 6.18. The third-order valence-corrected chi connectivity index (χ3v) is 4.82. The highest BCUT2D eigenvalue weighted by Crippen LogP contribution is 2.36. The zero-order valence-electron chi connectivity index (χ0n) is 12.4. The quantitative estimate of drug-likeness (QED) is 0.813. The van der Waals surface area contributed by atoms with Crippen molar-refractivity contribution in [3.05, 3.63) is 36.0 Å². The number of nitrogens with zero attached hydrogens (tertiary/aromatic N) is 2. The van der Waals surface area contributed by atoms with Gasteiger partial charge in [-0.05, 0) is 43.5 Å². The fourth-order valence-electron chi connectivity index (χ4n) is 2.27. The van der Waals surface area contributed by atoms with Crippen LogP contribution in [-0.2, 0) is 12.0 Å². The molecule has 1 aromatic heterocycles. The van der Waals surface area contributed by atoms with E-state index in [1.807, 2.05) is 24.3 Å². The molecule has 0 radical (unpaired) electrons. The summed E-state index contributed by atoms with van der Waals surface area (Å²) in [5.41, 5.74) is 5.84. The maximum Gasteiger partial charge on any atom is 0.227 e. The Kier molecular flexibility index (Phi) is 5.72. The molecule has 2 aromatic rings. The van der Waals surface area contributed by atoms with E-state index in [2.05, 4.69) is 10.1 Å². The lowest BCUT2D eigenvalue weighted by molar-refractivity contribution is 0.229. The van der Waals surface area contributed by atoms with Crippen molar-refractivity contribution in [3.8, 4) is 5.75 Å². The molecule has 0 aliphatic heterocycles. The second-order valence-electron chi connectivity index (χ2n) is 5.30. The number of aryl methyl sites for hydroxylation is 1. The molecule has 120 valence electrons. The number of hydrogen-bond acceptors (Lipinski definition) is 6. The summed E-state index contributed by atoms with van der Waals surface area (Å²) in [7, 11) is 1.67. The first-order valence-electron chi connectivity index (χ1n) is 7.08. The fraction of sp³-hybridized carbons (Fsp3) is 0.467. The molecule has 3 rings (SSSR count). The summed E-state index contributed by atoms with van der Waals surface area (Å²) in [6.45, 7) is 0. The first-order chi connectivity index (χ1) is 10.2. The number of thioether (sulfide) groups is 1. The van der Waals surface area contributed by atoms with Gasteiger partial charge in [0.2, 0.25) is 5.89 Å². The molecule has 0 spiro atoms. The summed E-state index contributed by atoms with van der Waals surface area (Å²) in [4.78, 5) is 5.63. The zero-order valence-corrected chi connectivity index (χ0v) is 14.1. The highest BCUT2D eigenvalue weighted by molar-refractivity contribution is 7.99. The Hall–Kier alpha value is -1.24. The monoisotopic (exact) mass is 341 g/mol. The molecule has 5 nitrogen and oxygen atoms in total. The molecule has 0 atom stereocenters. The molecule has 0 bridgehead atoms. The largest absolute Gasteiger partial charge is 0.497 e. The molecule has 2 N–H and O–H groups in total. The van der Waals surface area contributed by atoms with Gasteiger partial charge in [0.1, 0.15) is 5.75 Å². The normalized spacial score (nSPS) is 15.7. The average Bonchev–Trinajstić information content (AvgIpc) is 2.95. The Labute approximate surface area is 140 Å². The van der Waals surface area contributed by atoms with Gasteiger partial charge in [0.05, 0.1) is 12.6 Å². The first kappa shape index (κ1) is 17.1. The summed E-state index contributed by atoms with van der Waals surface area (Å²) in [5, 5.41) is 4.02. The second kappa shape index (κ2) is 7.35. The minimum atomic E-state index is -0.342. The SMILES string of the molecule is COc1ccc(SCCc2nc(C3(N)CCC3)no2)cc1.Cl. The van der Waals surface area contributed by atoms with Crippen LogP contribution in [0.3, 0.4) is 0 Å². The maximum absolute atomic E-state index is 6.18. The van der Waals surface area contributed by atoms with E-state index in [9.17, 15) is 0 Å². The van der Waals surface area contributed by atoms with E-state index in [-0.39, 0.29) is 17.9 Å². The van der Waals surface area contributed by atoms with Crippen molar-refractivity contribution in [2.24, 2.45) is 5.73 Å². The number of ether oxygens (including phenoxy) is 1. The predicted octanol–water partition coefficient (Wildman–Crippen LogP) is 3.17. The second-order valence-corrected chi connectivity index (χ2v) is 6.46. The van der Waals surface area contributed by atoms with Crippen LogP contribution in [0.1, 0.15) is 31.0 Å². The average molecular weight is 342 g/mol. The van der Waals surface area contributed by atoms with Crippen LogP contribution in [0.5, 0.6) is 5.75 Å². The minimum absolute atomic E-state index is 0. The van der Waals surface area contributed by atoms with Crippen LogP contribution < -0.4 is 10.5 Å². The van der Waals surface area contributed by atoms with Gasteiger partial charge < -0.3 is 15.0 Å². The Morgan fingerprint density at radius 3 is 2.64 bits per heavy atom. The van der Waals surface area contributed by atoms with E-state index < -0.39 is 0 Å². The summed E-state index contributed by atoms with van der Waals surface area (Å²) in [5.74, 6) is 3.10. The van der Waals surface area contributed by atoms with Gasteiger partial charge in [0, 0.05) is 17.1 Å². The van der Waals surface area contributed by atoms with Crippen LogP contribution in [-0.4, -0.2) is 23.0 Å². The Morgan fingerprint density at radius 1 is 1.32 bits per heavy atom. The van der Waals surface area contributed by atoms with Gasteiger partial charge in [0.25, 0.3) is 0 Å². The summed E-state index contributed by atoms with van der Waals surface area (Å²) in [6.07, 6.45) is 3.80. The topological polar surface area (TPSA) is 74.2 Å². The van der Waals surface area contributed by atoms with Gasteiger partial charge in [-0.15, -0.1) is 24.2 Å². The lowest BCUT2D eigenvalue weighted by Crippen LogP contribution is -2.44. The Balaban J connectivity index is 0.00000176. The molecule has 0 unspecified atom stereocenters. The van der Waals surface area contributed by atoms with E-state index in [0.717, 1.165) is 37.2 Å². The van der Waals surface area contributed by atoms with Crippen LogP contribution in [0.15, 0.2) is 33.7 Å². The first-order valence-corrected chi connectivity index (χ1v) is 8.07. The molecule has 0 saturated heterocycles. The van der Waals surface area contributed by atoms with Gasteiger partial charge in [-0.3, -0.25) is 0 Å². The smallest absolute Gasteiger partial charge is 0.227 e. The number of benzene rings is 1. The highest BCUT2D eigenvalue weighted by atomic mass is 35.5. The Morgan fingerprint density at radius 2 is 2.05 bits per heavy atom. The molecule has 22 heavy (non-hydrogen) atoms. The van der Waals surface area contributed by atoms with E-state index in [4.69, 9.17) is 15.0 Å². The third kappa shape index (κ3) is 3.74. The van der Waals surface area contributed by atoms with Crippen molar-refractivity contribution in [1.29, 1.82) is 0 Å². The van der Waals surface area contributed by atoms with Crippen molar-refractivity contribution >= 4 is 24.2 Å². The van der Waals surface area contributed by atoms with Gasteiger partial charge in [-0.2, -0.15) is 4.98 Å². The summed E-state index contributed by atoms with van der Waals surface area (Å²) < 4.78 is 10.4. The van der Waals surface area contributed by atoms with E-state index in [0.29, 0.717) is 11.7 Å². The van der Waals surface area contributed by atoms with Crippen molar-refractivity contribution in [2.75, 3.05) is 12.9 Å². The van der Waals surface area contributed by atoms with E-state index >= 15 is 0 Å². The number of hydrogen-bond donors (Lipinski definition) is 1. The van der Waals surface area contributed by atoms with Gasteiger partial charge in [0.15, 0.2) is 5.82 Å². The Bertz CT molecular complexity index is 599. The summed E-state index contributed by atoms with van der Waals surface area (Å²) in [6, 6.07) is 8.02. The molecule has 1 heterocycles. The number of methoxy groups -OCH3 is 1. The van der Waals surface area contributed by atoms with Gasteiger partial charge >= 0.3 is 0 Å². The molecular weight excluding hydrogens is 322 g/mol. The van der Waals surface area contributed by atoms with Crippen molar-refractivity contribution in [1.82, 2.24) is 10.1 Å². The van der Waals surface area contributed by atoms with Crippen LogP contribution in [0.4, 0.5) is 0 Å². The van der Waals surface area contributed by atoms with Crippen LogP contribution in [0.25, 0.3) is 0 Å². The van der Waals surface area contributed by atoms with E-state index in [1.54, 1.807) is 18.9 Å². The number of rotatable bonds is 6. The molecule has 7 heteroatoms. The van der Waals surface area contributed by atoms with E-state index in [1.165, 1.54) is 4.90 Å². The van der Waals surface area contributed by atoms with Crippen LogP contribution in [0.2, 0.25) is 0 Å².